The SMILES string of the molecule is CC(C)CN(CC(F)(F)F)C(=O)C1CCNC1C. The van der Waals surface area contributed by atoms with E-state index in [2.05, 4.69) is 5.32 Å². The van der Waals surface area contributed by atoms with E-state index < -0.39 is 12.7 Å². The van der Waals surface area contributed by atoms with Crippen LogP contribution in [0.4, 0.5) is 13.2 Å². The van der Waals surface area contributed by atoms with Gasteiger partial charge in [0.2, 0.25) is 5.91 Å². The van der Waals surface area contributed by atoms with Gasteiger partial charge in [-0.3, -0.25) is 4.79 Å². The van der Waals surface area contributed by atoms with Crippen LogP contribution < -0.4 is 5.32 Å². The summed E-state index contributed by atoms with van der Waals surface area (Å²) < 4.78 is 37.5. The minimum atomic E-state index is -4.33. The van der Waals surface area contributed by atoms with E-state index in [0.717, 1.165) is 4.90 Å². The molecule has 0 aliphatic carbocycles. The number of amides is 1. The van der Waals surface area contributed by atoms with Crippen molar-refractivity contribution in [3.8, 4) is 0 Å². The highest BCUT2D eigenvalue weighted by Gasteiger charge is 2.38. The first kappa shape index (κ1) is 15.3. The maximum absolute atomic E-state index is 12.5. The average molecular weight is 266 g/mol. The van der Waals surface area contributed by atoms with Gasteiger partial charge in [-0.2, -0.15) is 13.2 Å². The number of carbonyl (C=O) groups excluding carboxylic acids is 1. The Bertz CT molecular complexity index is 292. The van der Waals surface area contributed by atoms with Gasteiger partial charge in [0.15, 0.2) is 0 Å². The smallest absolute Gasteiger partial charge is 0.333 e. The summed E-state index contributed by atoms with van der Waals surface area (Å²) >= 11 is 0. The van der Waals surface area contributed by atoms with Gasteiger partial charge in [0.1, 0.15) is 6.54 Å². The van der Waals surface area contributed by atoms with Gasteiger partial charge >= 0.3 is 6.18 Å². The maximum Gasteiger partial charge on any atom is 0.406 e. The molecule has 0 radical (unpaired) electrons. The number of hydrogen-bond acceptors (Lipinski definition) is 2. The van der Waals surface area contributed by atoms with Crippen molar-refractivity contribution < 1.29 is 18.0 Å². The first-order chi connectivity index (χ1) is 8.20. The van der Waals surface area contributed by atoms with Crippen LogP contribution >= 0.6 is 0 Å². The fourth-order valence-corrected chi connectivity index (χ4v) is 2.32. The van der Waals surface area contributed by atoms with Crippen molar-refractivity contribution in [2.45, 2.75) is 39.4 Å². The third-order valence-electron chi connectivity index (χ3n) is 3.11. The van der Waals surface area contributed by atoms with E-state index in [1.54, 1.807) is 0 Å². The van der Waals surface area contributed by atoms with Crippen LogP contribution in [0.1, 0.15) is 27.2 Å². The van der Waals surface area contributed by atoms with Crippen LogP contribution in [0.25, 0.3) is 0 Å². The Morgan fingerprint density at radius 2 is 2.06 bits per heavy atom. The second kappa shape index (κ2) is 5.91. The Hall–Kier alpha value is -0.780. The molecule has 0 aromatic rings. The number of nitrogens with zero attached hydrogens (tertiary/aromatic N) is 1. The number of nitrogens with one attached hydrogen (secondary N) is 1. The van der Waals surface area contributed by atoms with Crippen LogP contribution in [0.5, 0.6) is 0 Å². The van der Waals surface area contributed by atoms with Crippen molar-refractivity contribution in [1.82, 2.24) is 10.2 Å². The summed E-state index contributed by atoms with van der Waals surface area (Å²) in [7, 11) is 0. The Morgan fingerprint density at radius 3 is 2.44 bits per heavy atom. The van der Waals surface area contributed by atoms with Crippen molar-refractivity contribution in [2.24, 2.45) is 11.8 Å². The number of alkyl halides is 3. The standard InChI is InChI=1S/C12H21F3N2O/c1-8(2)6-17(7-12(13,14)15)11(18)10-4-5-16-9(10)3/h8-10,16H,4-7H2,1-3H3. The molecule has 1 heterocycles. The number of halogens is 3. The molecule has 1 aliphatic heterocycles. The van der Waals surface area contributed by atoms with Gasteiger partial charge in [0.25, 0.3) is 0 Å². The van der Waals surface area contributed by atoms with Crippen LogP contribution in [0, 0.1) is 11.8 Å². The normalized spacial score (nSPS) is 24.6. The third kappa shape index (κ3) is 4.48. The van der Waals surface area contributed by atoms with Gasteiger partial charge in [0, 0.05) is 12.6 Å². The van der Waals surface area contributed by atoms with Gasteiger partial charge in [-0.1, -0.05) is 13.8 Å². The first-order valence-corrected chi connectivity index (χ1v) is 6.29. The summed E-state index contributed by atoms with van der Waals surface area (Å²) in [5.41, 5.74) is 0. The summed E-state index contributed by atoms with van der Waals surface area (Å²) in [6.45, 7) is 5.17. The molecule has 0 saturated carbocycles. The molecule has 0 aromatic carbocycles. The van der Waals surface area contributed by atoms with E-state index in [1.165, 1.54) is 0 Å². The van der Waals surface area contributed by atoms with Crippen LogP contribution in [-0.2, 0) is 4.79 Å². The van der Waals surface area contributed by atoms with Gasteiger partial charge in [-0.15, -0.1) is 0 Å². The monoisotopic (exact) mass is 266 g/mol. The maximum atomic E-state index is 12.5. The topological polar surface area (TPSA) is 32.3 Å². The molecule has 1 N–H and O–H groups in total. The zero-order chi connectivity index (χ0) is 13.9. The molecule has 1 aliphatic rings. The minimum Gasteiger partial charge on any atom is -0.333 e. The summed E-state index contributed by atoms with van der Waals surface area (Å²) in [6, 6.07) is -0.0413. The Balaban J connectivity index is 2.72. The molecular weight excluding hydrogens is 245 g/mol. The lowest BCUT2D eigenvalue weighted by Gasteiger charge is -2.29. The van der Waals surface area contributed by atoms with Crippen LogP contribution in [-0.4, -0.2) is 42.7 Å². The molecule has 0 spiro atoms. The lowest BCUT2D eigenvalue weighted by atomic mass is 9.99. The number of rotatable bonds is 4. The third-order valence-corrected chi connectivity index (χ3v) is 3.11. The van der Waals surface area contributed by atoms with Gasteiger partial charge in [0.05, 0.1) is 5.92 Å². The van der Waals surface area contributed by atoms with Crippen molar-refractivity contribution >= 4 is 5.91 Å². The second-order valence-electron chi connectivity index (χ2n) is 5.37. The molecule has 3 nitrogen and oxygen atoms in total. The van der Waals surface area contributed by atoms with E-state index in [0.29, 0.717) is 13.0 Å². The predicted octanol–water partition coefficient (Wildman–Crippen LogP) is 2.03. The molecule has 18 heavy (non-hydrogen) atoms. The summed E-state index contributed by atoms with van der Waals surface area (Å²) in [6.07, 6.45) is -3.72. The minimum absolute atomic E-state index is 0.0287. The van der Waals surface area contributed by atoms with Gasteiger partial charge in [-0.05, 0) is 25.8 Å². The van der Waals surface area contributed by atoms with Crippen molar-refractivity contribution in [3.05, 3.63) is 0 Å². The molecule has 1 fully saturated rings. The molecule has 1 saturated heterocycles. The molecule has 106 valence electrons. The zero-order valence-corrected chi connectivity index (χ0v) is 11.0. The summed E-state index contributed by atoms with van der Waals surface area (Å²) in [5.74, 6) is -0.675. The van der Waals surface area contributed by atoms with Crippen molar-refractivity contribution in [3.63, 3.8) is 0 Å². The van der Waals surface area contributed by atoms with E-state index in [9.17, 15) is 18.0 Å². The van der Waals surface area contributed by atoms with Crippen LogP contribution in [0.15, 0.2) is 0 Å². The summed E-state index contributed by atoms with van der Waals surface area (Å²) in [5, 5.41) is 3.09. The Kier molecular flexibility index (Phi) is 5.01. The molecule has 0 aromatic heterocycles. The largest absolute Gasteiger partial charge is 0.406 e. The van der Waals surface area contributed by atoms with Gasteiger partial charge < -0.3 is 10.2 Å². The molecule has 1 amide bonds. The molecule has 0 bridgehead atoms. The zero-order valence-electron chi connectivity index (χ0n) is 11.0. The van der Waals surface area contributed by atoms with Crippen LogP contribution in [0.2, 0.25) is 0 Å². The van der Waals surface area contributed by atoms with E-state index in [4.69, 9.17) is 0 Å². The van der Waals surface area contributed by atoms with E-state index >= 15 is 0 Å². The first-order valence-electron chi connectivity index (χ1n) is 6.29. The predicted molar refractivity (Wildman–Crippen MR) is 63.0 cm³/mol. The quantitative estimate of drug-likeness (QED) is 0.844. The molecule has 2 unspecified atom stereocenters. The average Bonchev–Trinajstić information content (AvgIpc) is 2.59. The summed E-state index contributed by atoms with van der Waals surface area (Å²) in [4.78, 5) is 13.1. The molecule has 1 rings (SSSR count). The fraction of sp³-hybridized carbons (Fsp3) is 0.917. The highest BCUT2D eigenvalue weighted by atomic mass is 19.4. The lowest BCUT2D eigenvalue weighted by Crippen LogP contribution is -2.46. The Labute approximate surface area is 106 Å². The number of carbonyl (C=O) groups is 1. The molecule has 2 atom stereocenters. The lowest BCUT2D eigenvalue weighted by molar-refractivity contribution is -0.164. The van der Waals surface area contributed by atoms with Crippen molar-refractivity contribution in [2.75, 3.05) is 19.6 Å². The van der Waals surface area contributed by atoms with E-state index in [1.807, 2.05) is 20.8 Å². The molecular formula is C12H21F3N2O. The molecule has 6 heteroatoms. The fourth-order valence-electron chi connectivity index (χ4n) is 2.32. The van der Waals surface area contributed by atoms with Crippen LogP contribution in [0.3, 0.4) is 0 Å². The van der Waals surface area contributed by atoms with Gasteiger partial charge in [-0.25, -0.2) is 0 Å². The Morgan fingerprint density at radius 1 is 1.44 bits per heavy atom. The highest BCUT2D eigenvalue weighted by molar-refractivity contribution is 5.80. The van der Waals surface area contributed by atoms with E-state index in [-0.39, 0.29) is 30.3 Å². The number of hydrogen-bond donors (Lipinski definition) is 1. The highest BCUT2D eigenvalue weighted by Crippen LogP contribution is 2.23. The second-order valence-corrected chi connectivity index (χ2v) is 5.37. The van der Waals surface area contributed by atoms with Crippen molar-refractivity contribution in [1.29, 1.82) is 0 Å².